The Hall–Kier alpha value is -2.53. The molecule has 5 nitrogen and oxygen atoms in total. The zero-order valence-corrected chi connectivity index (χ0v) is 13.8. The maximum Gasteiger partial charge on any atom is 0.271 e. The van der Waals surface area contributed by atoms with Crippen molar-refractivity contribution in [1.82, 2.24) is 5.43 Å². The molecule has 0 radical (unpaired) electrons. The number of ether oxygens (including phenoxy) is 2. The second kappa shape index (κ2) is 7.65. The molecular weight excluding hydrogens is 316 g/mol. The summed E-state index contributed by atoms with van der Waals surface area (Å²) in [5.41, 5.74) is 4.38. The number of carbonyl (C=O) groups excluding carboxylic acids is 1. The Morgan fingerprint density at radius 1 is 1.09 bits per heavy atom. The first-order valence-corrected chi connectivity index (χ1v) is 7.25. The van der Waals surface area contributed by atoms with E-state index in [9.17, 15) is 4.79 Å². The molecule has 0 aliphatic rings. The normalized spacial score (nSPS) is 11.0. The zero-order valence-electron chi connectivity index (χ0n) is 13.1. The van der Waals surface area contributed by atoms with Crippen LogP contribution in [0.1, 0.15) is 22.8 Å². The van der Waals surface area contributed by atoms with E-state index in [4.69, 9.17) is 21.1 Å². The Bertz CT molecular complexity index is 727. The summed E-state index contributed by atoms with van der Waals surface area (Å²) in [5.74, 6) is 0.989. The van der Waals surface area contributed by atoms with Crippen LogP contribution >= 0.6 is 11.6 Å². The Morgan fingerprint density at radius 3 is 2.39 bits per heavy atom. The van der Waals surface area contributed by atoms with E-state index in [0.29, 0.717) is 27.8 Å². The van der Waals surface area contributed by atoms with Crippen LogP contribution in [0.5, 0.6) is 11.5 Å². The molecule has 0 saturated carbocycles. The molecule has 2 aromatic carbocycles. The van der Waals surface area contributed by atoms with Crippen LogP contribution in [-0.2, 0) is 0 Å². The number of hydrazone groups is 1. The van der Waals surface area contributed by atoms with Crippen molar-refractivity contribution in [1.29, 1.82) is 0 Å². The van der Waals surface area contributed by atoms with Crippen LogP contribution in [0.2, 0.25) is 5.02 Å². The molecule has 6 heteroatoms. The molecule has 2 rings (SSSR count). The number of hydrogen-bond acceptors (Lipinski definition) is 4. The van der Waals surface area contributed by atoms with E-state index in [0.717, 1.165) is 5.56 Å². The number of amides is 1. The fourth-order valence-electron chi connectivity index (χ4n) is 1.96. The first-order valence-electron chi connectivity index (χ1n) is 6.87. The smallest absolute Gasteiger partial charge is 0.271 e. The summed E-state index contributed by atoms with van der Waals surface area (Å²) in [4.78, 5) is 12.0. The number of rotatable bonds is 5. The van der Waals surface area contributed by atoms with Gasteiger partial charge in [0.2, 0.25) is 0 Å². The van der Waals surface area contributed by atoms with Crippen LogP contribution in [-0.4, -0.2) is 25.8 Å². The highest BCUT2D eigenvalue weighted by molar-refractivity contribution is 6.30. The predicted molar refractivity (Wildman–Crippen MR) is 90.7 cm³/mol. The average molecular weight is 333 g/mol. The van der Waals surface area contributed by atoms with E-state index in [-0.39, 0.29) is 5.91 Å². The fourth-order valence-corrected chi connectivity index (χ4v) is 2.08. The van der Waals surface area contributed by atoms with Gasteiger partial charge in [-0.05, 0) is 43.3 Å². The number of methoxy groups -OCH3 is 2. The second-order valence-corrected chi connectivity index (χ2v) is 5.15. The highest BCUT2D eigenvalue weighted by atomic mass is 35.5. The molecule has 0 bridgehead atoms. The van der Waals surface area contributed by atoms with Crippen molar-refractivity contribution < 1.29 is 14.3 Å². The Labute approximate surface area is 139 Å². The van der Waals surface area contributed by atoms with Crippen molar-refractivity contribution >= 4 is 23.2 Å². The Balaban J connectivity index is 2.16. The Morgan fingerprint density at radius 2 is 1.78 bits per heavy atom. The highest BCUT2D eigenvalue weighted by Crippen LogP contribution is 2.25. The molecule has 0 atom stereocenters. The van der Waals surface area contributed by atoms with Crippen molar-refractivity contribution in [2.75, 3.05) is 14.2 Å². The number of nitrogens with one attached hydrogen (secondary N) is 1. The van der Waals surface area contributed by atoms with E-state index < -0.39 is 0 Å². The molecule has 0 spiro atoms. The lowest BCUT2D eigenvalue weighted by atomic mass is 10.1. The summed E-state index contributed by atoms with van der Waals surface area (Å²) in [7, 11) is 3.15. The maximum atomic E-state index is 12.0. The van der Waals surface area contributed by atoms with Gasteiger partial charge in [0.1, 0.15) is 11.5 Å². The van der Waals surface area contributed by atoms with Crippen LogP contribution in [0.15, 0.2) is 47.6 Å². The molecule has 0 aliphatic carbocycles. The van der Waals surface area contributed by atoms with Gasteiger partial charge in [-0.1, -0.05) is 11.6 Å². The van der Waals surface area contributed by atoms with Gasteiger partial charge < -0.3 is 9.47 Å². The van der Waals surface area contributed by atoms with E-state index in [1.54, 1.807) is 57.5 Å². The first kappa shape index (κ1) is 16.8. The van der Waals surface area contributed by atoms with Gasteiger partial charge >= 0.3 is 0 Å². The minimum atomic E-state index is -0.312. The van der Waals surface area contributed by atoms with Gasteiger partial charge in [0.15, 0.2) is 0 Å². The summed E-state index contributed by atoms with van der Waals surface area (Å²) >= 11 is 5.80. The van der Waals surface area contributed by atoms with Gasteiger partial charge in [0.25, 0.3) is 5.91 Å². The van der Waals surface area contributed by atoms with E-state index in [2.05, 4.69) is 10.5 Å². The molecule has 1 N–H and O–H groups in total. The van der Waals surface area contributed by atoms with Crippen LogP contribution in [0.25, 0.3) is 0 Å². The lowest BCUT2D eigenvalue weighted by Crippen LogP contribution is -2.19. The van der Waals surface area contributed by atoms with Gasteiger partial charge in [-0.2, -0.15) is 5.10 Å². The summed E-state index contributed by atoms with van der Waals surface area (Å²) in [6.45, 7) is 1.78. The standard InChI is InChI=1S/C17H17ClN2O3/c1-11(15-9-8-14(22-2)10-16(15)23-3)19-20-17(21)12-4-6-13(18)7-5-12/h4-10H,1-3H3,(H,20,21)/b19-11-. The third-order valence-corrected chi connectivity index (χ3v) is 3.48. The van der Waals surface area contributed by atoms with Crippen LogP contribution in [0.3, 0.4) is 0 Å². The van der Waals surface area contributed by atoms with E-state index in [1.165, 1.54) is 0 Å². The van der Waals surface area contributed by atoms with Gasteiger partial charge in [-0.15, -0.1) is 0 Å². The fraction of sp³-hybridized carbons (Fsp3) is 0.176. The third-order valence-electron chi connectivity index (χ3n) is 3.23. The average Bonchev–Trinajstić information content (AvgIpc) is 2.59. The number of hydrogen-bond donors (Lipinski definition) is 1. The lowest BCUT2D eigenvalue weighted by Gasteiger charge is -2.10. The third kappa shape index (κ3) is 4.23. The zero-order chi connectivity index (χ0) is 16.8. The highest BCUT2D eigenvalue weighted by Gasteiger charge is 2.09. The van der Waals surface area contributed by atoms with Gasteiger partial charge in [0.05, 0.1) is 19.9 Å². The van der Waals surface area contributed by atoms with Crippen LogP contribution < -0.4 is 14.9 Å². The number of halogens is 1. The summed E-state index contributed by atoms with van der Waals surface area (Å²) in [6, 6.07) is 12.0. The van der Waals surface area contributed by atoms with Crippen molar-refractivity contribution in [3.63, 3.8) is 0 Å². The quantitative estimate of drug-likeness (QED) is 0.673. The lowest BCUT2D eigenvalue weighted by molar-refractivity contribution is 0.0955. The maximum absolute atomic E-state index is 12.0. The summed E-state index contributed by atoms with van der Waals surface area (Å²) in [5, 5.41) is 4.69. The predicted octanol–water partition coefficient (Wildman–Crippen LogP) is 3.51. The summed E-state index contributed by atoms with van der Waals surface area (Å²) < 4.78 is 10.5. The minimum absolute atomic E-state index is 0.312. The summed E-state index contributed by atoms with van der Waals surface area (Å²) in [6.07, 6.45) is 0. The molecule has 1 amide bonds. The van der Waals surface area contributed by atoms with E-state index in [1.807, 2.05) is 6.07 Å². The molecular formula is C17H17ClN2O3. The van der Waals surface area contributed by atoms with Crippen molar-refractivity contribution in [3.05, 3.63) is 58.6 Å². The van der Waals surface area contributed by atoms with Crippen LogP contribution in [0.4, 0.5) is 0 Å². The Kier molecular flexibility index (Phi) is 5.60. The molecule has 0 saturated heterocycles. The van der Waals surface area contributed by atoms with Gasteiger partial charge in [-0.3, -0.25) is 4.79 Å². The van der Waals surface area contributed by atoms with Gasteiger partial charge in [0, 0.05) is 22.2 Å². The number of carbonyl (C=O) groups is 1. The van der Waals surface area contributed by atoms with E-state index >= 15 is 0 Å². The molecule has 0 fully saturated rings. The monoisotopic (exact) mass is 332 g/mol. The molecule has 120 valence electrons. The first-order chi connectivity index (χ1) is 11.0. The van der Waals surface area contributed by atoms with Gasteiger partial charge in [-0.25, -0.2) is 5.43 Å². The molecule has 0 unspecified atom stereocenters. The van der Waals surface area contributed by atoms with Crippen molar-refractivity contribution in [3.8, 4) is 11.5 Å². The number of nitrogens with zero attached hydrogens (tertiary/aromatic N) is 1. The minimum Gasteiger partial charge on any atom is -0.497 e. The SMILES string of the molecule is COc1ccc(/C(C)=N\NC(=O)c2ccc(Cl)cc2)c(OC)c1. The van der Waals surface area contributed by atoms with Crippen molar-refractivity contribution in [2.45, 2.75) is 6.92 Å². The largest absolute Gasteiger partial charge is 0.497 e. The molecule has 0 aliphatic heterocycles. The molecule has 0 aromatic heterocycles. The molecule has 0 heterocycles. The van der Waals surface area contributed by atoms with Crippen molar-refractivity contribution in [2.24, 2.45) is 5.10 Å². The topological polar surface area (TPSA) is 59.9 Å². The number of benzene rings is 2. The molecule has 2 aromatic rings. The second-order valence-electron chi connectivity index (χ2n) is 4.71. The molecule has 23 heavy (non-hydrogen) atoms. The van der Waals surface area contributed by atoms with Crippen LogP contribution in [0, 0.1) is 0 Å².